The first kappa shape index (κ1) is 56.1. The molecule has 1 aliphatic carbocycles. The summed E-state index contributed by atoms with van der Waals surface area (Å²) >= 11 is 0. The molecule has 0 aromatic heterocycles. The van der Waals surface area contributed by atoms with Crippen molar-refractivity contribution >= 4 is 35.4 Å². The summed E-state index contributed by atoms with van der Waals surface area (Å²) in [6, 6.07) is 0. The van der Waals surface area contributed by atoms with Crippen LogP contribution >= 0.6 is 23.5 Å². The lowest BCUT2D eigenvalue weighted by Gasteiger charge is -2.44. The van der Waals surface area contributed by atoms with Crippen molar-refractivity contribution < 1.29 is 90.6 Å². The molecule has 0 aromatic carbocycles. The maximum atomic E-state index is 13.0. The molecule has 4 unspecified atom stereocenters. The molecule has 8 N–H and O–H groups in total. The first-order chi connectivity index (χ1) is 29.3. The Morgan fingerprint density at radius 1 is 0.565 bits per heavy atom. The second-order valence-electron chi connectivity index (χ2n) is 13.3. The van der Waals surface area contributed by atoms with E-state index in [2.05, 4.69) is 87.0 Å². The lowest BCUT2D eigenvalue weighted by Crippen LogP contribution is -2.65. The van der Waals surface area contributed by atoms with Crippen LogP contribution in [0, 0.1) is 83.4 Å². The summed E-state index contributed by atoms with van der Waals surface area (Å²) in [5, 5.41) is 31.7. The number of carbonyl (C=O) groups is 2. The molecule has 1 fully saturated rings. The van der Waals surface area contributed by atoms with Gasteiger partial charge < -0.3 is 49.3 Å². The van der Waals surface area contributed by atoms with Gasteiger partial charge in [-0.2, -0.15) is 0 Å². The van der Waals surface area contributed by atoms with Crippen LogP contribution in [0.4, 0.5) is 0 Å². The van der Waals surface area contributed by atoms with E-state index in [-0.39, 0.29) is 6.42 Å². The average Bonchev–Trinajstić information content (AvgIpc) is 3.19. The van der Waals surface area contributed by atoms with Gasteiger partial charge in [-0.1, -0.05) is 84.0 Å². The van der Waals surface area contributed by atoms with Gasteiger partial charge in [0.05, 0.1) is 6.61 Å². The van der Waals surface area contributed by atoms with E-state index < -0.39 is 91.3 Å². The van der Waals surface area contributed by atoms with Crippen molar-refractivity contribution in [2.75, 3.05) is 13.2 Å². The average molecular weight is 929 g/mol. The molecule has 8 atom stereocenters. The third kappa shape index (κ3) is 27.2. The van der Waals surface area contributed by atoms with Crippen molar-refractivity contribution in [3.05, 3.63) is 0 Å². The van der Waals surface area contributed by atoms with E-state index in [1.165, 1.54) is 44.9 Å². The number of hydrogen-bond acceptors (Lipinski definition) is 14. The van der Waals surface area contributed by atoms with Crippen LogP contribution in [0.2, 0.25) is 0 Å². The summed E-state index contributed by atoms with van der Waals surface area (Å²) in [6.07, 6.45) is 1.86. The standard InChI is InChI=1S/C40H51O19P3/c1-3-5-7-9-11-13-15-17-19-21-23-25-27-29-34(42)56-32(30-54-33(41)28-26-24-22-20-18-16-14-12-10-8-6-4-2)31-55-62(52,53)59-38-35(43)36(44)39(57-60(46,47)48)40(37(38)45)58-61(49,50)51/h2,32,35-40,43-45H,3,5,7,9,11,13,15,17,19,21,23,25,27,29-31H2,1H3,(H,52,53)(H2,46,47,48)(H2,49,50,51)/t32-,35+,36?,37?,38?,39+,40+/m1/s1. The number of rotatable bonds is 26. The first-order valence-corrected chi connectivity index (χ1v) is 23.9. The molecule has 340 valence electrons. The van der Waals surface area contributed by atoms with Crippen molar-refractivity contribution in [2.45, 2.75) is 140 Å². The van der Waals surface area contributed by atoms with Gasteiger partial charge in [0.15, 0.2) is 6.10 Å². The minimum Gasteiger partial charge on any atom is -0.456 e. The molecule has 0 bridgehead atoms. The van der Waals surface area contributed by atoms with Gasteiger partial charge in [-0.15, -0.1) is 6.42 Å². The molecule has 19 nitrogen and oxygen atoms in total. The van der Waals surface area contributed by atoms with Crippen molar-refractivity contribution in [3.8, 4) is 83.4 Å². The number of phosphoric acid groups is 3. The number of unbranched alkanes of at least 4 members (excludes halogenated alkanes) is 12. The third-order valence-electron chi connectivity index (χ3n) is 8.26. The van der Waals surface area contributed by atoms with Gasteiger partial charge in [-0.25, -0.2) is 18.5 Å². The molecule has 1 saturated carbocycles. The summed E-state index contributed by atoms with van der Waals surface area (Å²) < 4.78 is 64.5. The van der Waals surface area contributed by atoms with Crippen LogP contribution in [-0.2, 0) is 50.9 Å². The predicted octanol–water partition coefficient (Wildman–Crippen LogP) is 2.13. The molecule has 0 aromatic rings. The molecule has 0 saturated heterocycles. The van der Waals surface area contributed by atoms with Gasteiger partial charge in [0, 0.05) is 12.3 Å². The Kier molecular flexibility index (Phi) is 28.0. The number of ether oxygens (including phenoxy) is 2. The zero-order valence-electron chi connectivity index (χ0n) is 33.8. The first-order valence-electron chi connectivity index (χ1n) is 19.3. The normalized spacial score (nSPS) is 20.6. The van der Waals surface area contributed by atoms with Crippen LogP contribution in [0.15, 0.2) is 0 Å². The number of esters is 2. The summed E-state index contributed by atoms with van der Waals surface area (Å²) in [4.78, 5) is 72.4. The zero-order chi connectivity index (χ0) is 46.4. The van der Waals surface area contributed by atoms with E-state index in [0.29, 0.717) is 12.8 Å². The second-order valence-corrected chi connectivity index (χ2v) is 17.1. The lowest BCUT2D eigenvalue weighted by molar-refractivity contribution is -0.213. The van der Waals surface area contributed by atoms with E-state index in [4.69, 9.17) is 24.9 Å². The van der Waals surface area contributed by atoms with Crippen molar-refractivity contribution in [1.82, 2.24) is 0 Å². The van der Waals surface area contributed by atoms with E-state index in [9.17, 15) is 63.1 Å². The maximum absolute atomic E-state index is 13.0. The molecular weight excluding hydrogens is 877 g/mol. The van der Waals surface area contributed by atoms with E-state index >= 15 is 0 Å². The largest absolute Gasteiger partial charge is 0.472 e. The summed E-state index contributed by atoms with van der Waals surface area (Å²) in [5.41, 5.74) is 0. The number of aliphatic hydroxyl groups excluding tert-OH is 3. The fourth-order valence-electron chi connectivity index (χ4n) is 5.47. The van der Waals surface area contributed by atoms with Crippen LogP contribution in [0.1, 0.15) is 96.8 Å². The highest BCUT2D eigenvalue weighted by atomic mass is 31.2. The highest BCUT2D eigenvalue weighted by Gasteiger charge is 2.56. The highest BCUT2D eigenvalue weighted by molar-refractivity contribution is 7.47. The second kappa shape index (κ2) is 31.0. The molecule has 22 heteroatoms. The van der Waals surface area contributed by atoms with Gasteiger partial charge in [-0.3, -0.25) is 22.9 Å². The van der Waals surface area contributed by atoms with Crippen molar-refractivity contribution in [2.24, 2.45) is 0 Å². The zero-order valence-corrected chi connectivity index (χ0v) is 36.5. The van der Waals surface area contributed by atoms with E-state index in [0.717, 1.165) is 25.7 Å². The summed E-state index contributed by atoms with van der Waals surface area (Å²) in [7, 11) is -16.7. The summed E-state index contributed by atoms with van der Waals surface area (Å²) in [6.45, 7) is 0.353. The number of phosphoric ester groups is 3. The lowest BCUT2D eigenvalue weighted by atomic mass is 9.85. The molecular formula is C40H51O19P3. The van der Waals surface area contributed by atoms with E-state index in [1.807, 2.05) is 5.92 Å². The van der Waals surface area contributed by atoms with E-state index in [1.54, 1.807) is 0 Å². The van der Waals surface area contributed by atoms with Crippen molar-refractivity contribution in [3.63, 3.8) is 0 Å². The summed E-state index contributed by atoms with van der Waals surface area (Å²) in [5.74, 6) is 27.6. The minimum absolute atomic E-state index is 0.0834. The van der Waals surface area contributed by atoms with Crippen molar-refractivity contribution in [1.29, 1.82) is 0 Å². The fraction of sp³-hybridized carbons (Fsp3) is 0.600. The third-order valence-corrected chi connectivity index (χ3v) is 10.3. The van der Waals surface area contributed by atoms with Gasteiger partial charge in [0.2, 0.25) is 0 Å². The van der Waals surface area contributed by atoms with Gasteiger partial charge in [0.25, 0.3) is 0 Å². The fourth-order valence-corrected chi connectivity index (χ4v) is 7.56. The molecule has 0 heterocycles. The number of aliphatic hydroxyl groups is 3. The Labute approximate surface area is 361 Å². The Bertz CT molecular complexity index is 2020. The molecule has 1 rings (SSSR count). The van der Waals surface area contributed by atoms with Crippen LogP contribution < -0.4 is 0 Å². The van der Waals surface area contributed by atoms with Gasteiger partial charge in [0.1, 0.15) is 43.2 Å². The monoisotopic (exact) mass is 928 g/mol. The van der Waals surface area contributed by atoms with Crippen LogP contribution in [0.25, 0.3) is 0 Å². The molecule has 0 spiro atoms. The SMILES string of the molecule is C#CC#CC#CC#CC#CC#CC#CC(=O)OC[C@H](COP(=O)(O)OC1C(O)[C@H](OP(=O)(O)O)[C@@H](OP(=O)(O)O)C(O)[C@@H]1O)OC(=O)CCCCCCCCCCCCCCC. The molecule has 62 heavy (non-hydrogen) atoms. The van der Waals surface area contributed by atoms with Crippen LogP contribution in [-0.4, -0.2) is 108 Å². The number of terminal acetylenes is 1. The molecule has 1 aliphatic rings. The molecule has 0 aliphatic heterocycles. The topological polar surface area (TPSA) is 303 Å². The van der Waals surface area contributed by atoms with Gasteiger partial charge in [-0.05, 0) is 77.5 Å². The van der Waals surface area contributed by atoms with Crippen LogP contribution in [0.5, 0.6) is 0 Å². The Balaban J connectivity index is 2.96. The Morgan fingerprint density at radius 2 is 0.984 bits per heavy atom. The highest BCUT2D eigenvalue weighted by Crippen LogP contribution is 2.51. The minimum atomic E-state index is -5.63. The van der Waals surface area contributed by atoms with Gasteiger partial charge >= 0.3 is 35.4 Å². The van der Waals surface area contributed by atoms with Crippen LogP contribution in [0.3, 0.4) is 0 Å². The molecule has 0 amide bonds. The number of hydrogen-bond donors (Lipinski definition) is 8. The molecule has 0 radical (unpaired) electrons. The Hall–Kier alpha value is -3.93. The maximum Gasteiger partial charge on any atom is 0.472 e. The quantitative estimate of drug-likeness (QED) is 0.0203. The predicted molar refractivity (Wildman–Crippen MR) is 219 cm³/mol. The number of carbonyl (C=O) groups excluding carboxylic acids is 2. The smallest absolute Gasteiger partial charge is 0.456 e. The Morgan fingerprint density at radius 3 is 1.45 bits per heavy atom.